The summed E-state index contributed by atoms with van der Waals surface area (Å²) in [6, 6.07) is 9.14. The maximum absolute atomic E-state index is 13.5. The molecule has 11 heteroatoms. The smallest absolute Gasteiger partial charge is 0.252 e. The van der Waals surface area contributed by atoms with Crippen molar-refractivity contribution in [2.75, 3.05) is 26.3 Å². The van der Waals surface area contributed by atoms with Crippen LogP contribution < -0.4 is 5.32 Å². The summed E-state index contributed by atoms with van der Waals surface area (Å²) in [6.07, 6.45) is 3.32. The van der Waals surface area contributed by atoms with E-state index in [2.05, 4.69) is 10.3 Å². The Hall–Kier alpha value is -2.79. The Morgan fingerprint density at radius 2 is 1.88 bits per heavy atom. The Bertz CT molecular complexity index is 1260. The Morgan fingerprint density at radius 3 is 2.52 bits per heavy atom. The van der Waals surface area contributed by atoms with Gasteiger partial charge in [-0.05, 0) is 35.9 Å². The summed E-state index contributed by atoms with van der Waals surface area (Å²) in [5.41, 5.74) is 0.738. The van der Waals surface area contributed by atoms with E-state index in [1.807, 2.05) is 0 Å². The molecule has 1 aliphatic rings. The number of nitrogens with zero attached hydrogens (tertiary/aromatic N) is 3. The van der Waals surface area contributed by atoms with Gasteiger partial charge in [-0.1, -0.05) is 23.7 Å². The number of halogens is 2. The predicted molar refractivity (Wildman–Crippen MR) is 120 cm³/mol. The molecule has 1 saturated heterocycles. The highest BCUT2D eigenvalue weighted by Gasteiger charge is 2.30. The quantitative estimate of drug-likeness (QED) is 0.571. The van der Waals surface area contributed by atoms with Crippen molar-refractivity contribution in [3.63, 3.8) is 0 Å². The zero-order valence-corrected chi connectivity index (χ0v) is 19.3. The average Bonchev–Trinajstić information content (AvgIpc) is 3.24. The summed E-state index contributed by atoms with van der Waals surface area (Å²) in [4.78, 5) is 17.3. The minimum absolute atomic E-state index is 0.0252. The summed E-state index contributed by atoms with van der Waals surface area (Å²) < 4.78 is 47.9. The molecule has 0 unspecified atom stereocenters. The third-order valence-corrected chi connectivity index (χ3v) is 7.76. The van der Waals surface area contributed by atoms with Crippen LogP contribution in [0.3, 0.4) is 0 Å². The van der Waals surface area contributed by atoms with Crippen LogP contribution >= 0.6 is 11.6 Å². The van der Waals surface area contributed by atoms with Crippen LogP contribution in [0.2, 0.25) is 5.02 Å². The highest BCUT2D eigenvalue weighted by molar-refractivity contribution is 7.89. The van der Waals surface area contributed by atoms with Gasteiger partial charge >= 0.3 is 0 Å². The number of hydrogen-bond acceptors (Lipinski definition) is 5. The highest BCUT2D eigenvalue weighted by atomic mass is 35.5. The fourth-order valence-corrected chi connectivity index (χ4v) is 5.50. The third kappa shape index (κ3) is 4.93. The Kier molecular flexibility index (Phi) is 6.80. The second-order valence-electron chi connectivity index (χ2n) is 7.52. The van der Waals surface area contributed by atoms with Gasteiger partial charge in [0.05, 0.1) is 18.2 Å². The van der Waals surface area contributed by atoms with Gasteiger partial charge < -0.3 is 14.6 Å². The van der Waals surface area contributed by atoms with Gasteiger partial charge in [-0.2, -0.15) is 4.31 Å². The molecule has 1 N–H and O–H groups in total. The third-order valence-electron chi connectivity index (χ3n) is 5.38. The minimum atomic E-state index is -3.90. The number of nitrogens with one attached hydrogen (secondary N) is 1. The van der Waals surface area contributed by atoms with E-state index < -0.39 is 27.8 Å². The van der Waals surface area contributed by atoms with Gasteiger partial charge in [0.15, 0.2) is 0 Å². The van der Waals surface area contributed by atoms with Crippen LogP contribution in [0.5, 0.6) is 0 Å². The van der Waals surface area contributed by atoms with Gasteiger partial charge in [0.25, 0.3) is 5.91 Å². The van der Waals surface area contributed by atoms with E-state index in [1.165, 1.54) is 34.6 Å². The largest absolute Gasteiger partial charge is 0.379 e. The van der Waals surface area contributed by atoms with Crippen molar-refractivity contribution in [3.8, 4) is 0 Å². The van der Waals surface area contributed by atoms with Crippen LogP contribution in [0.1, 0.15) is 27.8 Å². The fourth-order valence-electron chi connectivity index (χ4n) is 3.59. The van der Waals surface area contributed by atoms with Crippen molar-refractivity contribution in [1.29, 1.82) is 0 Å². The SMILES string of the molecule is Cn1ccnc1[C@@H](NC(=O)c1ccc(Cl)c(S(=O)(=O)N2CCOCC2)c1)c1ccc(F)cc1. The number of ether oxygens (including phenoxy) is 1. The Morgan fingerprint density at radius 1 is 1.18 bits per heavy atom. The predicted octanol–water partition coefficient (Wildman–Crippen LogP) is 2.75. The summed E-state index contributed by atoms with van der Waals surface area (Å²) in [6.45, 7) is 1.00. The van der Waals surface area contributed by atoms with Crippen molar-refractivity contribution in [3.05, 3.63) is 82.6 Å². The van der Waals surface area contributed by atoms with E-state index in [-0.39, 0.29) is 28.6 Å². The number of imidazole rings is 1. The maximum atomic E-state index is 13.5. The number of carbonyl (C=O) groups is 1. The van der Waals surface area contributed by atoms with Gasteiger partial charge in [-0.3, -0.25) is 4.79 Å². The number of amides is 1. The number of aromatic nitrogens is 2. The van der Waals surface area contributed by atoms with E-state index in [9.17, 15) is 17.6 Å². The first-order valence-corrected chi connectivity index (χ1v) is 12.0. The standard InChI is InChI=1S/C22H22ClFN4O4S/c1-27-9-8-25-21(27)20(15-2-5-17(24)6-3-15)26-22(29)16-4-7-18(23)19(14-16)33(30,31)28-10-12-32-13-11-28/h2-9,14,20H,10-13H2,1H3,(H,26,29)/t20-/m0/s1. The topological polar surface area (TPSA) is 93.5 Å². The first-order valence-electron chi connectivity index (χ1n) is 10.2. The molecule has 3 aromatic rings. The van der Waals surface area contributed by atoms with Crippen molar-refractivity contribution in [2.45, 2.75) is 10.9 Å². The molecular formula is C22H22ClFN4O4S. The Labute approximate surface area is 196 Å². The summed E-state index contributed by atoms with van der Waals surface area (Å²) >= 11 is 6.21. The van der Waals surface area contributed by atoms with Gasteiger partial charge in [-0.25, -0.2) is 17.8 Å². The van der Waals surface area contributed by atoms with Crippen molar-refractivity contribution < 1.29 is 22.3 Å². The van der Waals surface area contributed by atoms with E-state index in [0.717, 1.165) is 0 Å². The molecule has 1 fully saturated rings. The number of hydrogen-bond donors (Lipinski definition) is 1. The van der Waals surface area contributed by atoms with Crippen molar-refractivity contribution in [1.82, 2.24) is 19.2 Å². The number of sulfonamides is 1. The monoisotopic (exact) mass is 492 g/mol. The summed E-state index contributed by atoms with van der Waals surface area (Å²) in [5, 5.41) is 2.90. The molecule has 0 radical (unpaired) electrons. The normalized spacial score (nSPS) is 15.8. The number of aryl methyl sites for hydroxylation is 1. The Balaban J connectivity index is 1.66. The minimum Gasteiger partial charge on any atom is -0.379 e. The zero-order chi connectivity index (χ0) is 23.6. The molecule has 174 valence electrons. The van der Waals surface area contributed by atoms with Gasteiger partial charge in [0.2, 0.25) is 10.0 Å². The van der Waals surface area contributed by atoms with E-state index in [1.54, 1.807) is 36.1 Å². The van der Waals surface area contributed by atoms with Crippen LogP contribution in [0.15, 0.2) is 59.8 Å². The van der Waals surface area contributed by atoms with Crippen molar-refractivity contribution in [2.24, 2.45) is 7.05 Å². The fraction of sp³-hybridized carbons (Fsp3) is 0.273. The van der Waals surface area contributed by atoms with Crippen LogP contribution in [-0.2, 0) is 21.8 Å². The zero-order valence-electron chi connectivity index (χ0n) is 17.7. The van der Waals surface area contributed by atoms with Gasteiger partial charge in [-0.15, -0.1) is 0 Å². The molecule has 0 spiro atoms. The summed E-state index contributed by atoms with van der Waals surface area (Å²) in [5.74, 6) is -0.396. The second kappa shape index (κ2) is 9.60. The highest BCUT2D eigenvalue weighted by Crippen LogP contribution is 2.27. The number of morpholine rings is 1. The molecule has 1 aliphatic heterocycles. The molecule has 2 aromatic carbocycles. The van der Waals surface area contributed by atoms with Crippen molar-refractivity contribution >= 4 is 27.5 Å². The lowest BCUT2D eigenvalue weighted by atomic mass is 10.1. The number of benzene rings is 2. The molecular weight excluding hydrogens is 471 g/mol. The molecule has 0 saturated carbocycles. The average molecular weight is 493 g/mol. The van der Waals surface area contributed by atoms with Crippen LogP contribution in [0.25, 0.3) is 0 Å². The summed E-state index contributed by atoms with van der Waals surface area (Å²) in [7, 11) is -2.12. The molecule has 4 rings (SSSR count). The van der Waals surface area contributed by atoms with Crippen LogP contribution in [0.4, 0.5) is 4.39 Å². The van der Waals surface area contributed by atoms with Gasteiger partial charge in [0, 0.05) is 38.1 Å². The van der Waals surface area contributed by atoms with E-state index in [0.29, 0.717) is 24.6 Å². The first kappa shape index (κ1) is 23.4. The molecule has 1 aromatic heterocycles. The lowest BCUT2D eigenvalue weighted by Crippen LogP contribution is -2.40. The number of rotatable bonds is 6. The molecule has 0 bridgehead atoms. The van der Waals surface area contributed by atoms with Crippen LogP contribution in [0, 0.1) is 5.82 Å². The van der Waals surface area contributed by atoms with E-state index >= 15 is 0 Å². The van der Waals surface area contributed by atoms with Crippen LogP contribution in [-0.4, -0.2) is 54.5 Å². The molecule has 1 atom stereocenters. The molecule has 0 aliphatic carbocycles. The lowest BCUT2D eigenvalue weighted by molar-refractivity contribution is 0.0730. The van der Waals surface area contributed by atoms with E-state index in [4.69, 9.17) is 16.3 Å². The number of carbonyl (C=O) groups excluding carboxylic acids is 1. The lowest BCUT2D eigenvalue weighted by Gasteiger charge is -2.26. The molecule has 1 amide bonds. The molecule has 8 nitrogen and oxygen atoms in total. The first-order chi connectivity index (χ1) is 15.8. The van der Waals surface area contributed by atoms with Gasteiger partial charge in [0.1, 0.15) is 22.6 Å². The molecule has 33 heavy (non-hydrogen) atoms. The maximum Gasteiger partial charge on any atom is 0.252 e. The molecule has 2 heterocycles. The second-order valence-corrected chi connectivity index (χ2v) is 9.83.